The highest BCUT2D eigenvalue weighted by Crippen LogP contribution is 2.18. The number of sulfone groups is 1. The molecule has 0 heterocycles. The molecule has 0 aliphatic rings. The van der Waals surface area contributed by atoms with Crippen molar-refractivity contribution in [1.82, 2.24) is 5.32 Å². The second-order valence-electron chi connectivity index (χ2n) is 5.05. The predicted octanol–water partition coefficient (Wildman–Crippen LogP) is 1.64. The zero-order chi connectivity index (χ0) is 16.8. The van der Waals surface area contributed by atoms with Crippen molar-refractivity contribution >= 4 is 21.7 Å². The average Bonchev–Trinajstić information content (AvgIpc) is 2.44. The van der Waals surface area contributed by atoms with Crippen LogP contribution >= 0.6 is 0 Å². The van der Waals surface area contributed by atoms with Gasteiger partial charge in [0.15, 0.2) is 9.84 Å². The summed E-state index contributed by atoms with van der Waals surface area (Å²) < 4.78 is 23.5. The molecule has 0 bridgehead atoms. The van der Waals surface area contributed by atoms with E-state index >= 15 is 0 Å². The number of carbonyl (C=O) groups excluding carboxylic acids is 1. The number of carboxylic acids is 1. The van der Waals surface area contributed by atoms with Crippen LogP contribution in [0, 0.1) is 0 Å². The molecule has 1 aromatic carbocycles. The van der Waals surface area contributed by atoms with Crippen molar-refractivity contribution in [2.75, 3.05) is 12.8 Å². The number of hydrogen-bond donors (Lipinski definition) is 2. The van der Waals surface area contributed by atoms with Crippen LogP contribution in [0.1, 0.15) is 42.1 Å². The van der Waals surface area contributed by atoms with Gasteiger partial charge in [0, 0.05) is 24.8 Å². The number of carboxylic acid groups (broad SMARTS) is 1. The molecule has 2 N–H and O–H groups in total. The van der Waals surface area contributed by atoms with Crippen LogP contribution in [0.2, 0.25) is 0 Å². The molecule has 7 heteroatoms. The van der Waals surface area contributed by atoms with Gasteiger partial charge in [0.2, 0.25) is 0 Å². The quantitative estimate of drug-likeness (QED) is 0.707. The van der Waals surface area contributed by atoms with E-state index in [0.29, 0.717) is 31.4 Å². The van der Waals surface area contributed by atoms with E-state index in [1.807, 2.05) is 6.92 Å². The number of nitrogens with one attached hydrogen (secondary N) is 1. The van der Waals surface area contributed by atoms with E-state index in [1.54, 1.807) is 12.1 Å². The molecule has 0 fully saturated rings. The lowest BCUT2D eigenvalue weighted by Crippen LogP contribution is -2.25. The summed E-state index contributed by atoms with van der Waals surface area (Å²) in [7, 11) is -3.39. The van der Waals surface area contributed by atoms with Gasteiger partial charge < -0.3 is 10.4 Å². The third-order valence-corrected chi connectivity index (χ3v) is 4.39. The number of aliphatic carboxylic acids is 1. The first-order chi connectivity index (χ1) is 10.3. The molecule has 1 aromatic rings. The highest BCUT2D eigenvalue weighted by Gasteiger charge is 2.15. The Morgan fingerprint density at radius 2 is 1.91 bits per heavy atom. The smallest absolute Gasteiger partial charge is 0.303 e. The fraction of sp³-hybridized carbons (Fsp3) is 0.467. The maximum absolute atomic E-state index is 12.0. The normalized spacial score (nSPS) is 11.2. The molecule has 22 heavy (non-hydrogen) atoms. The zero-order valence-corrected chi connectivity index (χ0v) is 13.6. The van der Waals surface area contributed by atoms with Crippen LogP contribution in [-0.4, -0.2) is 38.2 Å². The summed E-state index contributed by atoms with van der Waals surface area (Å²) in [5.74, 6) is -1.22. The third kappa shape index (κ3) is 5.48. The molecule has 0 aliphatic carbocycles. The predicted molar refractivity (Wildman–Crippen MR) is 82.7 cm³/mol. The number of unbranched alkanes of at least 4 members (excludes halogenated alkanes) is 1. The highest BCUT2D eigenvalue weighted by molar-refractivity contribution is 7.90. The van der Waals surface area contributed by atoms with Crippen LogP contribution < -0.4 is 5.32 Å². The van der Waals surface area contributed by atoms with Gasteiger partial charge in [0.25, 0.3) is 5.91 Å². The minimum atomic E-state index is -3.39. The number of aryl methyl sites for hydroxylation is 1. The van der Waals surface area contributed by atoms with E-state index < -0.39 is 15.8 Å². The van der Waals surface area contributed by atoms with Crippen molar-refractivity contribution < 1.29 is 23.1 Å². The van der Waals surface area contributed by atoms with Crippen LogP contribution in [0.4, 0.5) is 0 Å². The largest absolute Gasteiger partial charge is 0.481 e. The van der Waals surface area contributed by atoms with E-state index in [-0.39, 0.29) is 22.8 Å². The van der Waals surface area contributed by atoms with E-state index in [0.717, 1.165) is 6.26 Å². The van der Waals surface area contributed by atoms with Gasteiger partial charge in [-0.05, 0) is 37.0 Å². The molecule has 1 rings (SSSR count). The first kappa shape index (κ1) is 18.2. The van der Waals surface area contributed by atoms with Crippen molar-refractivity contribution in [3.8, 4) is 0 Å². The molecule has 0 aromatic heterocycles. The molecule has 0 saturated carbocycles. The molecule has 0 aliphatic heterocycles. The lowest BCUT2D eigenvalue weighted by atomic mass is 10.1. The second-order valence-corrected chi connectivity index (χ2v) is 7.04. The van der Waals surface area contributed by atoms with Gasteiger partial charge in [-0.25, -0.2) is 8.42 Å². The van der Waals surface area contributed by atoms with Gasteiger partial charge in [-0.3, -0.25) is 9.59 Å². The Labute approximate surface area is 130 Å². The average molecular weight is 327 g/mol. The van der Waals surface area contributed by atoms with E-state index in [2.05, 4.69) is 5.32 Å². The topological polar surface area (TPSA) is 101 Å². The minimum Gasteiger partial charge on any atom is -0.481 e. The molecule has 122 valence electrons. The summed E-state index contributed by atoms with van der Waals surface area (Å²) in [6, 6.07) is 4.64. The Morgan fingerprint density at radius 3 is 2.45 bits per heavy atom. The van der Waals surface area contributed by atoms with E-state index in [1.165, 1.54) is 6.07 Å². The summed E-state index contributed by atoms with van der Waals surface area (Å²) >= 11 is 0. The van der Waals surface area contributed by atoms with Crippen molar-refractivity contribution in [1.29, 1.82) is 0 Å². The van der Waals surface area contributed by atoms with Gasteiger partial charge >= 0.3 is 5.97 Å². The maximum atomic E-state index is 12.0. The van der Waals surface area contributed by atoms with Crippen LogP contribution in [-0.2, 0) is 21.1 Å². The Hall–Kier alpha value is -1.89. The van der Waals surface area contributed by atoms with Crippen molar-refractivity contribution in [3.05, 3.63) is 29.3 Å². The molecule has 0 atom stereocenters. The van der Waals surface area contributed by atoms with Gasteiger partial charge in [-0.1, -0.05) is 13.0 Å². The number of rotatable bonds is 8. The maximum Gasteiger partial charge on any atom is 0.303 e. The molecule has 0 spiro atoms. The van der Waals surface area contributed by atoms with Crippen LogP contribution in [0.15, 0.2) is 23.1 Å². The van der Waals surface area contributed by atoms with Crippen LogP contribution in [0.25, 0.3) is 0 Å². The highest BCUT2D eigenvalue weighted by atomic mass is 32.2. The fourth-order valence-corrected chi connectivity index (χ4v) is 3.07. The number of hydrogen-bond acceptors (Lipinski definition) is 4. The van der Waals surface area contributed by atoms with Gasteiger partial charge in [0.05, 0.1) is 4.90 Å². The molecule has 0 radical (unpaired) electrons. The fourth-order valence-electron chi connectivity index (χ4n) is 2.04. The lowest BCUT2D eigenvalue weighted by Gasteiger charge is -2.09. The number of amides is 1. The summed E-state index contributed by atoms with van der Waals surface area (Å²) in [6.07, 6.45) is 2.80. The standard InChI is InChI=1S/C15H21NO5S/c1-3-11-7-8-12(10-13(11)22(2,20)21)15(19)16-9-5-4-6-14(17)18/h7-8,10H,3-6,9H2,1-2H3,(H,16,19)(H,17,18). The summed E-state index contributed by atoms with van der Waals surface area (Å²) in [6.45, 7) is 2.21. The Morgan fingerprint density at radius 1 is 1.23 bits per heavy atom. The summed E-state index contributed by atoms with van der Waals surface area (Å²) in [5.41, 5.74) is 0.969. The first-order valence-corrected chi connectivity index (χ1v) is 8.97. The molecular formula is C15H21NO5S. The van der Waals surface area contributed by atoms with Gasteiger partial charge in [-0.15, -0.1) is 0 Å². The van der Waals surface area contributed by atoms with Gasteiger partial charge in [-0.2, -0.15) is 0 Å². The van der Waals surface area contributed by atoms with Crippen molar-refractivity contribution in [2.24, 2.45) is 0 Å². The molecule has 6 nitrogen and oxygen atoms in total. The summed E-state index contributed by atoms with van der Waals surface area (Å²) in [5, 5.41) is 11.2. The SMILES string of the molecule is CCc1ccc(C(=O)NCCCCC(=O)O)cc1S(C)(=O)=O. The Balaban J connectivity index is 2.72. The van der Waals surface area contributed by atoms with Crippen LogP contribution in [0.3, 0.4) is 0 Å². The van der Waals surface area contributed by atoms with Crippen LogP contribution in [0.5, 0.6) is 0 Å². The first-order valence-electron chi connectivity index (χ1n) is 7.08. The molecule has 1 amide bonds. The second kappa shape index (κ2) is 7.93. The van der Waals surface area contributed by atoms with Gasteiger partial charge in [0.1, 0.15) is 0 Å². The van der Waals surface area contributed by atoms with E-state index in [9.17, 15) is 18.0 Å². The Bertz CT molecular complexity index is 652. The molecular weight excluding hydrogens is 306 g/mol. The summed E-state index contributed by atoms with van der Waals surface area (Å²) in [4.78, 5) is 22.5. The molecule has 0 saturated heterocycles. The Kier molecular flexibility index (Phi) is 6.55. The zero-order valence-electron chi connectivity index (χ0n) is 12.8. The number of benzene rings is 1. The lowest BCUT2D eigenvalue weighted by molar-refractivity contribution is -0.137. The van der Waals surface area contributed by atoms with Crippen molar-refractivity contribution in [2.45, 2.75) is 37.5 Å². The van der Waals surface area contributed by atoms with E-state index in [4.69, 9.17) is 5.11 Å². The van der Waals surface area contributed by atoms with Crippen molar-refractivity contribution in [3.63, 3.8) is 0 Å². The monoisotopic (exact) mass is 327 g/mol. The molecule has 0 unspecified atom stereocenters. The minimum absolute atomic E-state index is 0.0687. The number of carbonyl (C=O) groups is 2. The third-order valence-electron chi connectivity index (χ3n) is 3.21.